The van der Waals surface area contributed by atoms with E-state index in [1.165, 1.54) is 44.4 Å². The monoisotopic (exact) mass is 415 g/mol. The Hall–Kier alpha value is -3.75. The second-order valence-corrected chi connectivity index (χ2v) is 6.80. The molecule has 1 heterocycles. The fourth-order valence-corrected chi connectivity index (χ4v) is 3.13. The lowest BCUT2D eigenvalue weighted by atomic mass is 9.89. The van der Waals surface area contributed by atoms with E-state index in [0.717, 1.165) is 13.2 Å². The minimum Gasteiger partial charge on any atom is -0.465 e. The Kier molecular flexibility index (Phi) is 5.55. The smallest absolute Gasteiger partial charge is 0.339 e. The molecule has 8 nitrogen and oxygen atoms in total. The normalized spacial score (nSPS) is 17.4. The van der Waals surface area contributed by atoms with Gasteiger partial charge in [0.2, 0.25) is 0 Å². The van der Waals surface area contributed by atoms with Crippen LogP contribution in [-0.2, 0) is 25.4 Å². The number of cyclic esters (lactones) is 1. The van der Waals surface area contributed by atoms with Crippen molar-refractivity contribution < 1.29 is 37.8 Å². The SMILES string of the molecule is COC(=O)c1ccc(C(=O)OC)c(NC(=O)C2(C)Cc3cc(F)ccc3C(=O)O2)c1. The van der Waals surface area contributed by atoms with E-state index in [1.54, 1.807) is 0 Å². The lowest BCUT2D eigenvalue weighted by Gasteiger charge is -2.33. The van der Waals surface area contributed by atoms with Gasteiger partial charge in [-0.05, 0) is 48.9 Å². The van der Waals surface area contributed by atoms with Crippen molar-refractivity contribution in [3.8, 4) is 0 Å². The third-order valence-corrected chi connectivity index (χ3v) is 4.71. The van der Waals surface area contributed by atoms with Crippen molar-refractivity contribution >= 4 is 29.5 Å². The third-order valence-electron chi connectivity index (χ3n) is 4.71. The van der Waals surface area contributed by atoms with Crippen molar-refractivity contribution in [1.82, 2.24) is 0 Å². The van der Waals surface area contributed by atoms with Crippen LogP contribution in [0.15, 0.2) is 36.4 Å². The van der Waals surface area contributed by atoms with E-state index in [-0.39, 0.29) is 28.8 Å². The molecule has 9 heteroatoms. The number of rotatable bonds is 4. The fourth-order valence-electron chi connectivity index (χ4n) is 3.13. The zero-order valence-corrected chi connectivity index (χ0v) is 16.4. The molecule has 0 aromatic heterocycles. The van der Waals surface area contributed by atoms with Crippen LogP contribution in [0.2, 0.25) is 0 Å². The molecule has 1 unspecified atom stereocenters. The molecule has 1 amide bonds. The summed E-state index contributed by atoms with van der Waals surface area (Å²) < 4.78 is 28.3. The lowest BCUT2D eigenvalue weighted by molar-refractivity contribution is -0.134. The Labute approximate surface area is 170 Å². The molecule has 0 saturated heterocycles. The predicted molar refractivity (Wildman–Crippen MR) is 102 cm³/mol. The quantitative estimate of drug-likeness (QED) is 0.604. The van der Waals surface area contributed by atoms with Gasteiger partial charge in [0.1, 0.15) is 5.82 Å². The van der Waals surface area contributed by atoms with Gasteiger partial charge in [0.15, 0.2) is 5.60 Å². The first-order chi connectivity index (χ1) is 14.2. The van der Waals surface area contributed by atoms with Gasteiger partial charge in [0.05, 0.1) is 36.6 Å². The molecule has 0 spiro atoms. The number of benzene rings is 2. The zero-order valence-electron chi connectivity index (χ0n) is 16.4. The van der Waals surface area contributed by atoms with Crippen molar-refractivity contribution in [3.63, 3.8) is 0 Å². The van der Waals surface area contributed by atoms with Crippen LogP contribution in [0.5, 0.6) is 0 Å². The molecule has 3 rings (SSSR count). The molecule has 0 bridgehead atoms. The minimum atomic E-state index is -1.67. The van der Waals surface area contributed by atoms with E-state index in [9.17, 15) is 23.6 Å². The number of anilines is 1. The van der Waals surface area contributed by atoms with Gasteiger partial charge < -0.3 is 19.5 Å². The number of halogens is 1. The van der Waals surface area contributed by atoms with Gasteiger partial charge in [-0.15, -0.1) is 0 Å². The second-order valence-electron chi connectivity index (χ2n) is 6.80. The van der Waals surface area contributed by atoms with Crippen molar-refractivity contribution in [2.45, 2.75) is 18.9 Å². The summed E-state index contributed by atoms with van der Waals surface area (Å²) in [5.74, 6) is -3.52. The van der Waals surface area contributed by atoms with Crippen molar-refractivity contribution in [3.05, 3.63) is 64.5 Å². The maximum atomic E-state index is 13.6. The van der Waals surface area contributed by atoms with Gasteiger partial charge in [-0.25, -0.2) is 18.8 Å². The second kappa shape index (κ2) is 7.94. The third kappa shape index (κ3) is 3.86. The Balaban J connectivity index is 1.95. The number of fused-ring (bicyclic) bond motifs is 1. The molecule has 2 aromatic carbocycles. The zero-order chi connectivity index (χ0) is 22.1. The molecule has 0 radical (unpaired) electrons. The summed E-state index contributed by atoms with van der Waals surface area (Å²) in [6.45, 7) is 1.37. The number of amides is 1. The summed E-state index contributed by atoms with van der Waals surface area (Å²) in [6.07, 6.45) is -0.0814. The Morgan fingerprint density at radius 1 is 1.07 bits per heavy atom. The van der Waals surface area contributed by atoms with Crippen molar-refractivity contribution in [1.29, 1.82) is 0 Å². The summed E-state index contributed by atoms with van der Waals surface area (Å²) in [5, 5.41) is 2.50. The average Bonchev–Trinajstić information content (AvgIpc) is 2.72. The topological polar surface area (TPSA) is 108 Å². The molecule has 0 saturated carbocycles. The number of ether oxygens (including phenoxy) is 3. The summed E-state index contributed by atoms with van der Waals surface area (Å²) in [6, 6.07) is 7.48. The van der Waals surface area contributed by atoms with Gasteiger partial charge in [0, 0.05) is 6.42 Å². The summed E-state index contributed by atoms with van der Waals surface area (Å²) in [4.78, 5) is 49.2. The van der Waals surface area contributed by atoms with Crippen LogP contribution in [-0.4, -0.2) is 43.6 Å². The Morgan fingerprint density at radius 3 is 2.43 bits per heavy atom. The average molecular weight is 415 g/mol. The van der Waals surface area contributed by atoms with Crippen LogP contribution in [0.4, 0.5) is 10.1 Å². The Morgan fingerprint density at radius 2 is 1.77 bits per heavy atom. The molecule has 1 aliphatic rings. The van der Waals surface area contributed by atoms with Crippen LogP contribution >= 0.6 is 0 Å². The van der Waals surface area contributed by atoms with E-state index in [1.807, 2.05) is 0 Å². The highest BCUT2D eigenvalue weighted by Gasteiger charge is 2.43. The van der Waals surface area contributed by atoms with Crippen molar-refractivity contribution in [2.75, 3.05) is 19.5 Å². The standard InChI is InChI=1S/C21H18FNO7/c1-21(10-12-8-13(22)5-7-14(12)19(26)30-21)20(27)23-16-9-11(17(24)28-2)4-6-15(16)18(25)29-3/h4-9H,10H2,1-3H3,(H,23,27). The van der Waals surface area contributed by atoms with E-state index in [2.05, 4.69) is 10.1 Å². The number of carbonyl (C=O) groups excluding carboxylic acids is 4. The molecule has 1 atom stereocenters. The molecular weight excluding hydrogens is 397 g/mol. The highest BCUT2D eigenvalue weighted by atomic mass is 19.1. The first-order valence-corrected chi connectivity index (χ1v) is 8.82. The number of esters is 3. The van der Waals surface area contributed by atoms with Gasteiger partial charge in [-0.3, -0.25) is 4.79 Å². The first kappa shape index (κ1) is 21.0. The van der Waals surface area contributed by atoms with Gasteiger partial charge in [-0.1, -0.05) is 0 Å². The fraction of sp³-hybridized carbons (Fsp3) is 0.238. The molecule has 30 heavy (non-hydrogen) atoms. The van der Waals surface area contributed by atoms with Gasteiger partial charge in [0.25, 0.3) is 5.91 Å². The molecule has 1 N–H and O–H groups in total. The lowest BCUT2D eigenvalue weighted by Crippen LogP contribution is -2.49. The number of hydrogen-bond donors (Lipinski definition) is 1. The van der Waals surface area contributed by atoms with E-state index < -0.39 is 35.2 Å². The number of hydrogen-bond acceptors (Lipinski definition) is 7. The first-order valence-electron chi connectivity index (χ1n) is 8.82. The summed E-state index contributed by atoms with van der Waals surface area (Å²) >= 11 is 0. The van der Waals surface area contributed by atoms with E-state index in [0.29, 0.717) is 5.56 Å². The minimum absolute atomic E-state index is 0.0179. The van der Waals surface area contributed by atoms with Gasteiger partial charge >= 0.3 is 17.9 Å². The Bertz CT molecular complexity index is 1070. The van der Waals surface area contributed by atoms with Crippen molar-refractivity contribution in [2.24, 2.45) is 0 Å². The van der Waals surface area contributed by atoms with E-state index >= 15 is 0 Å². The molecule has 2 aromatic rings. The maximum Gasteiger partial charge on any atom is 0.339 e. The molecule has 1 aliphatic heterocycles. The molecule has 0 fully saturated rings. The molecule has 156 valence electrons. The number of nitrogens with one attached hydrogen (secondary N) is 1. The highest BCUT2D eigenvalue weighted by molar-refractivity contribution is 6.07. The highest BCUT2D eigenvalue weighted by Crippen LogP contribution is 2.30. The largest absolute Gasteiger partial charge is 0.465 e. The van der Waals surface area contributed by atoms with Crippen LogP contribution < -0.4 is 5.32 Å². The van der Waals surface area contributed by atoms with Crippen LogP contribution in [0.1, 0.15) is 43.6 Å². The summed E-state index contributed by atoms with van der Waals surface area (Å²) in [7, 11) is 2.35. The van der Waals surface area contributed by atoms with Crippen LogP contribution in [0.3, 0.4) is 0 Å². The van der Waals surface area contributed by atoms with Crippen LogP contribution in [0.25, 0.3) is 0 Å². The predicted octanol–water partition coefficient (Wildman–Crippen LogP) is 2.51. The van der Waals surface area contributed by atoms with E-state index in [4.69, 9.17) is 9.47 Å². The number of methoxy groups -OCH3 is 2. The summed E-state index contributed by atoms with van der Waals surface area (Å²) in [5.41, 5.74) is -1.15. The molecular formula is C21H18FNO7. The van der Waals surface area contributed by atoms with Crippen LogP contribution in [0, 0.1) is 5.82 Å². The molecule has 0 aliphatic carbocycles. The number of carbonyl (C=O) groups is 4. The maximum absolute atomic E-state index is 13.6. The van der Waals surface area contributed by atoms with Gasteiger partial charge in [-0.2, -0.15) is 0 Å².